The smallest absolute Gasteiger partial charge is 0.415 e. The van der Waals surface area contributed by atoms with Gasteiger partial charge in [-0.05, 0) is 59.4 Å². The standard InChI is InChI=1S/C26H17F5N2O3/c27-23(28)25-33-32-24(35-25)17-9-8-16-11-18(22(34)21(16)13-17)10-14-4-1-2-7-20(14)15-5-3-6-19(12-15)36-26(29,30)31/h1-9,12-13,18,23H,10-11H2. The van der Waals surface area contributed by atoms with Crippen LogP contribution in [-0.2, 0) is 12.8 Å². The molecule has 1 heterocycles. The van der Waals surface area contributed by atoms with Crippen LogP contribution < -0.4 is 4.74 Å². The minimum atomic E-state index is -4.80. The fraction of sp³-hybridized carbons (Fsp3) is 0.192. The monoisotopic (exact) mass is 500 g/mol. The Balaban J connectivity index is 1.39. The van der Waals surface area contributed by atoms with Gasteiger partial charge in [-0.1, -0.05) is 42.5 Å². The molecule has 1 atom stereocenters. The average Bonchev–Trinajstić information content (AvgIpc) is 3.44. The molecule has 0 fully saturated rings. The van der Waals surface area contributed by atoms with E-state index in [-0.39, 0.29) is 17.4 Å². The fourth-order valence-corrected chi connectivity index (χ4v) is 4.41. The molecule has 10 heteroatoms. The van der Waals surface area contributed by atoms with E-state index in [0.29, 0.717) is 35.1 Å². The molecule has 184 valence electrons. The molecule has 1 aliphatic carbocycles. The lowest BCUT2D eigenvalue weighted by Gasteiger charge is -2.15. The zero-order valence-corrected chi connectivity index (χ0v) is 18.4. The number of hydrogen-bond acceptors (Lipinski definition) is 5. The maximum atomic E-state index is 13.2. The topological polar surface area (TPSA) is 65.2 Å². The van der Waals surface area contributed by atoms with E-state index in [1.165, 1.54) is 18.2 Å². The summed E-state index contributed by atoms with van der Waals surface area (Å²) in [4.78, 5) is 13.2. The average molecular weight is 500 g/mol. The van der Waals surface area contributed by atoms with Crippen LogP contribution in [0.4, 0.5) is 22.0 Å². The number of ketones is 1. The number of rotatable bonds is 6. The number of hydrogen-bond donors (Lipinski definition) is 0. The lowest BCUT2D eigenvalue weighted by Crippen LogP contribution is -2.17. The third-order valence-electron chi connectivity index (χ3n) is 5.95. The van der Waals surface area contributed by atoms with Crippen LogP contribution in [0.25, 0.3) is 22.6 Å². The van der Waals surface area contributed by atoms with Crippen molar-refractivity contribution in [3.05, 3.63) is 89.3 Å². The number of Topliss-reactive ketones (excluding diaryl/α,β-unsaturated/α-hetero) is 1. The number of carbonyl (C=O) groups is 1. The maximum absolute atomic E-state index is 13.2. The van der Waals surface area contributed by atoms with Gasteiger partial charge in [0.25, 0.3) is 5.89 Å². The summed E-state index contributed by atoms with van der Waals surface area (Å²) < 4.78 is 72.6. The number of fused-ring (bicyclic) bond motifs is 1. The van der Waals surface area contributed by atoms with E-state index >= 15 is 0 Å². The molecule has 0 amide bonds. The van der Waals surface area contributed by atoms with E-state index in [1.807, 2.05) is 6.07 Å². The van der Waals surface area contributed by atoms with Gasteiger partial charge in [-0.2, -0.15) is 8.78 Å². The van der Waals surface area contributed by atoms with E-state index in [9.17, 15) is 26.7 Å². The van der Waals surface area contributed by atoms with E-state index in [2.05, 4.69) is 14.9 Å². The van der Waals surface area contributed by atoms with Crippen LogP contribution in [0.2, 0.25) is 0 Å². The quantitative estimate of drug-likeness (QED) is 0.271. The number of alkyl halides is 5. The summed E-state index contributed by atoms with van der Waals surface area (Å²) in [6, 6.07) is 17.8. The van der Waals surface area contributed by atoms with Crippen LogP contribution >= 0.6 is 0 Å². The lowest BCUT2D eigenvalue weighted by molar-refractivity contribution is -0.274. The molecule has 36 heavy (non-hydrogen) atoms. The van der Waals surface area contributed by atoms with Crippen molar-refractivity contribution in [2.45, 2.75) is 25.6 Å². The van der Waals surface area contributed by atoms with Gasteiger partial charge in [0.05, 0.1) is 0 Å². The molecular formula is C26H17F5N2O3. The van der Waals surface area contributed by atoms with Crippen molar-refractivity contribution in [3.63, 3.8) is 0 Å². The highest BCUT2D eigenvalue weighted by atomic mass is 19.4. The van der Waals surface area contributed by atoms with Gasteiger partial charge in [0.1, 0.15) is 5.75 Å². The van der Waals surface area contributed by atoms with Crippen LogP contribution in [0.1, 0.15) is 33.8 Å². The molecule has 1 aliphatic rings. The summed E-state index contributed by atoms with van der Waals surface area (Å²) in [5.74, 6) is -1.75. The molecule has 0 saturated heterocycles. The van der Waals surface area contributed by atoms with Crippen LogP contribution in [0, 0.1) is 5.92 Å². The highest BCUT2D eigenvalue weighted by molar-refractivity contribution is 6.03. The normalized spacial score (nSPS) is 15.4. The van der Waals surface area contributed by atoms with Gasteiger partial charge in [0, 0.05) is 17.0 Å². The molecule has 3 aromatic carbocycles. The first-order valence-corrected chi connectivity index (χ1v) is 10.9. The summed E-state index contributed by atoms with van der Waals surface area (Å²) in [6.07, 6.45) is -6.88. The van der Waals surface area contributed by atoms with Gasteiger partial charge >= 0.3 is 12.8 Å². The number of aromatic nitrogens is 2. The Bertz CT molecular complexity index is 1430. The number of carbonyl (C=O) groups excluding carboxylic acids is 1. The van der Waals surface area contributed by atoms with Crippen molar-refractivity contribution in [3.8, 4) is 28.3 Å². The Labute approximate surface area is 201 Å². The van der Waals surface area contributed by atoms with Gasteiger partial charge in [-0.15, -0.1) is 23.4 Å². The highest BCUT2D eigenvalue weighted by Crippen LogP contribution is 2.36. The van der Waals surface area contributed by atoms with Gasteiger partial charge in [0.15, 0.2) is 5.78 Å². The van der Waals surface area contributed by atoms with E-state index < -0.39 is 24.6 Å². The second-order valence-corrected chi connectivity index (χ2v) is 8.32. The molecule has 0 spiro atoms. The predicted molar refractivity (Wildman–Crippen MR) is 118 cm³/mol. The van der Waals surface area contributed by atoms with Crippen molar-refractivity contribution < 1.29 is 35.9 Å². The molecule has 5 nitrogen and oxygen atoms in total. The van der Waals surface area contributed by atoms with E-state index in [0.717, 1.165) is 11.1 Å². The number of ether oxygens (including phenoxy) is 1. The molecule has 0 radical (unpaired) electrons. The lowest BCUT2D eigenvalue weighted by atomic mass is 9.90. The third-order valence-corrected chi connectivity index (χ3v) is 5.95. The predicted octanol–water partition coefficient (Wildman–Crippen LogP) is 6.84. The van der Waals surface area contributed by atoms with E-state index in [1.54, 1.807) is 42.5 Å². The van der Waals surface area contributed by atoms with Gasteiger partial charge in [-0.25, -0.2) is 0 Å². The Morgan fingerprint density at radius 2 is 1.75 bits per heavy atom. The first-order chi connectivity index (χ1) is 17.2. The second-order valence-electron chi connectivity index (χ2n) is 8.32. The summed E-state index contributed by atoms with van der Waals surface area (Å²) in [5, 5.41) is 6.95. The first kappa shape index (κ1) is 23.7. The molecule has 4 aromatic rings. The van der Waals surface area contributed by atoms with Crippen LogP contribution in [0.5, 0.6) is 5.75 Å². The highest BCUT2D eigenvalue weighted by Gasteiger charge is 2.33. The Kier molecular flexibility index (Phi) is 6.03. The second kappa shape index (κ2) is 9.18. The molecule has 0 aliphatic heterocycles. The summed E-state index contributed by atoms with van der Waals surface area (Å²) in [6.45, 7) is 0. The van der Waals surface area contributed by atoms with Crippen molar-refractivity contribution in [1.29, 1.82) is 0 Å². The maximum Gasteiger partial charge on any atom is 0.573 e. The Morgan fingerprint density at radius 3 is 2.50 bits per heavy atom. The summed E-state index contributed by atoms with van der Waals surface area (Å²) in [7, 11) is 0. The van der Waals surface area contributed by atoms with E-state index in [4.69, 9.17) is 4.42 Å². The van der Waals surface area contributed by atoms with Crippen LogP contribution in [0.3, 0.4) is 0 Å². The molecule has 0 bridgehead atoms. The fourth-order valence-electron chi connectivity index (χ4n) is 4.41. The molecular weight excluding hydrogens is 483 g/mol. The molecule has 1 aromatic heterocycles. The van der Waals surface area contributed by atoms with Crippen LogP contribution in [0.15, 0.2) is 71.1 Å². The molecule has 0 N–H and O–H groups in total. The Morgan fingerprint density at radius 1 is 0.944 bits per heavy atom. The molecule has 1 unspecified atom stereocenters. The molecule has 0 saturated carbocycles. The van der Waals surface area contributed by atoms with Gasteiger partial charge < -0.3 is 9.15 Å². The third kappa shape index (κ3) is 4.84. The van der Waals surface area contributed by atoms with Gasteiger partial charge in [-0.3, -0.25) is 4.79 Å². The minimum absolute atomic E-state index is 0.101. The van der Waals surface area contributed by atoms with Crippen molar-refractivity contribution in [1.82, 2.24) is 10.2 Å². The molecule has 5 rings (SSSR count). The first-order valence-electron chi connectivity index (χ1n) is 10.9. The Hall–Kier alpha value is -4.08. The van der Waals surface area contributed by atoms with Crippen molar-refractivity contribution in [2.75, 3.05) is 0 Å². The summed E-state index contributed by atoms with van der Waals surface area (Å²) >= 11 is 0. The number of halogens is 5. The zero-order chi connectivity index (χ0) is 25.4. The zero-order valence-electron chi connectivity index (χ0n) is 18.4. The van der Waals surface area contributed by atoms with Crippen LogP contribution in [-0.4, -0.2) is 22.3 Å². The van der Waals surface area contributed by atoms with Gasteiger partial charge in [0.2, 0.25) is 5.89 Å². The van der Waals surface area contributed by atoms with Crippen molar-refractivity contribution in [2.24, 2.45) is 5.92 Å². The number of nitrogens with zero attached hydrogens (tertiary/aromatic N) is 2. The minimum Gasteiger partial charge on any atom is -0.415 e. The number of benzene rings is 3. The van der Waals surface area contributed by atoms with Crippen molar-refractivity contribution >= 4 is 5.78 Å². The summed E-state index contributed by atoms with van der Waals surface area (Å²) in [5.41, 5.74) is 3.65. The SMILES string of the molecule is O=C1c2cc(-c3nnc(C(F)F)o3)ccc2CC1Cc1ccccc1-c1cccc(OC(F)(F)F)c1. The largest absolute Gasteiger partial charge is 0.573 e.